The normalized spacial score (nSPS) is 10.3. The van der Waals surface area contributed by atoms with Crippen LogP contribution < -0.4 is 5.32 Å². The summed E-state index contributed by atoms with van der Waals surface area (Å²) >= 11 is 5.46. The molecule has 0 unspecified atom stereocenters. The lowest BCUT2D eigenvalue weighted by atomic mass is 10.1. The minimum absolute atomic E-state index is 0.0584. The first-order valence-corrected chi connectivity index (χ1v) is 6.17. The first-order valence-electron chi connectivity index (χ1n) is 5.64. The summed E-state index contributed by atoms with van der Waals surface area (Å²) in [6.45, 7) is 5.45. The summed E-state index contributed by atoms with van der Waals surface area (Å²) in [7, 11) is 0. The Balaban J connectivity index is 2.42. The largest absolute Gasteiger partial charge is 0.378 e. The molecule has 0 aromatic heterocycles. The maximum Gasteiger partial charge on any atom is 0.251 e. The molecule has 0 saturated carbocycles. The average Bonchev–Trinajstić information content (AvgIpc) is 2.28. The highest BCUT2D eigenvalue weighted by molar-refractivity contribution is 6.17. The number of carbonyl (C=O) groups is 1. The Morgan fingerprint density at radius 1 is 1.35 bits per heavy atom. The molecular formula is C13H18ClNO2. The van der Waals surface area contributed by atoms with Gasteiger partial charge in [-0.25, -0.2) is 0 Å². The third-order valence-electron chi connectivity index (χ3n) is 2.38. The van der Waals surface area contributed by atoms with Gasteiger partial charge in [-0.2, -0.15) is 0 Å². The Labute approximate surface area is 107 Å². The number of hydrogen-bond donors (Lipinski definition) is 1. The van der Waals surface area contributed by atoms with E-state index < -0.39 is 0 Å². The Hall–Kier alpha value is -1.06. The number of halogens is 1. The molecule has 1 rings (SSSR count). The van der Waals surface area contributed by atoms with Crippen LogP contribution in [0.1, 0.15) is 21.5 Å². The third kappa shape index (κ3) is 4.75. The van der Waals surface area contributed by atoms with Crippen LogP contribution in [0.3, 0.4) is 0 Å². The van der Waals surface area contributed by atoms with Gasteiger partial charge in [0.2, 0.25) is 0 Å². The summed E-state index contributed by atoms with van der Waals surface area (Å²) < 4.78 is 5.17. The molecule has 0 radical (unpaired) electrons. The molecule has 0 aliphatic carbocycles. The summed E-state index contributed by atoms with van der Waals surface area (Å²) in [4.78, 5) is 11.8. The van der Waals surface area contributed by atoms with Crippen LogP contribution in [0.15, 0.2) is 18.2 Å². The highest BCUT2D eigenvalue weighted by atomic mass is 35.5. The number of ether oxygens (including phenoxy) is 1. The number of benzene rings is 1. The van der Waals surface area contributed by atoms with Crippen LogP contribution in [0.4, 0.5) is 0 Å². The van der Waals surface area contributed by atoms with Crippen LogP contribution in [0, 0.1) is 13.8 Å². The SMILES string of the molecule is Cc1ccc(C(=O)NCCOCCCl)c(C)c1. The molecule has 1 aromatic rings. The van der Waals surface area contributed by atoms with Gasteiger partial charge in [0.25, 0.3) is 5.91 Å². The van der Waals surface area contributed by atoms with Crippen LogP contribution in [0.2, 0.25) is 0 Å². The topological polar surface area (TPSA) is 38.3 Å². The lowest BCUT2D eigenvalue weighted by Gasteiger charge is -2.08. The average molecular weight is 256 g/mol. The molecular weight excluding hydrogens is 238 g/mol. The number of alkyl halides is 1. The van der Waals surface area contributed by atoms with Gasteiger partial charge in [-0.15, -0.1) is 11.6 Å². The van der Waals surface area contributed by atoms with E-state index in [1.807, 2.05) is 32.0 Å². The molecule has 94 valence electrons. The third-order valence-corrected chi connectivity index (χ3v) is 2.53. The van der Waals surface area contributed by atoms with Gasteiger partial charge in [0.05, 0.1) is 13.2 Å². The lowest BCUT2D eigenvalue weighted by Crippen LogP contribution is -2.28. The lowest BCUT2D eigenvalue weighted by molar-refractivity contribution is 0.0923. The number of rotatable bonds is 6. The summed E-state index contributed by atoms with van der Waals surface area (Å²) in [6.07, 6.45) is 0. The maximum absolute atomic E-state index is 11.8. The molecule has 0 spiro atoms. The van der Waals surface area contributed by atoms with Crippen LogP contribution in [-0.2, 0) is 4.74 Å². The minimum atomic E-state index is -0.0584. The standard InChI is InChI=1S/C13H18ClNO2/c1-10-3-4-12(11(2)9-10)13(16)15-6-8-17-7-5-14/h3-4,9H,5-8H2,1-2H3,(H,15,16). The molecule has 1 amide bonds. The van der Waals surface area contributed by atoms with E-state index in [2.05, 4.69) is 5.32 Å². The van der Waals surface area contributed by atoms with Gasteiger partial charge in [0.1, 0.15) is 0 Å². The molecule has 0 atom stereocenters. The van der Waals surface area contributed by atoms with Crippen molar-refractivity contribution in [3.8, 4) is 0 Å². The van der Waals surface area contributed by atoms with Crippen molar-refractivity contribution in [2.45, 2.75) is 13.8 Å². The van der Waals surface area contributed by atoms with Crippen molar-refractivity contribution in [3.63, 3.8) is 0 Å². The Morgan fingerprint density at radius 3 is 2.76 bits per heavy atom. The molecule has 0 heterocycles. The highest BCUT2D eigenvalue weighted by Gasteiger charge is 2.07. The van der Waals surface area contributed by atoms with E-state index in [-0.39, 0.29) is 5.91 Å². The van der Waals surface area contributed by atoms with E-state index in [4.69, 9.17) is 16.3 Å². The minimum Gasteiger partial charge on any atom is -0.378 e. The number of hydrogen-bond acceptors (Lipinski definition) is 2. The van der Waals surface area contributed by atoms with Gasteiger partial charge in [-0.3, -0.25) is 4.79 Å². The van der Waals surface area contributed by atoms with E-state index in [1.165, 1.54) is 0 Å². The van der Waals surface area contributed by atoms with Crippen LogP contribution >= 0.6 is 11.6 Å². The van der Waals surface area contributed by atoms with E-state index in [0.29, 0.717) is 31.2 Å². The zero-order valence-electron chi connectivity index (χ0n) is 10.3. The monoisotopic (exact) mass is 255 g/mol. The maximum atomic E-state index is 11.8. The molecule has 0 fully saturated rings. The quantitative estimate of drug-likeness (QED) is 0.626. The molecule has 3 nitrogen and oxygen atoms in total. The molecule has 1 N–H and O–H groups in total. The zero-order valence-corrected chi connectivity index (χ0v) is 11.0. The van der Waals surface area contributed by atoms with E-state index in [9.17, 15) is 4.79 Å². The van der Waals surface area contributed by atoms with Crippen LogP contribution in [-0.4, -0.2) is 31.5 Å². The Morgan fingerprint density at radius 2 is 2.12 bits per heavy atom. The number of amides is 1. The van der Waals surface area contributed by atoms with Gasteiger partial charge in [0.15, 0.2) is 0 Å². The van der Waals surface area contributed by atoms with Gasteiger partial charge < -0.3 is 10.1 Å². The molecule has 0 bridgehead atoms. The fourth-order valence-electron chi connectivity index (χ4n) is 1.56. The van der Waals surface area contributed by atoms with E-state index in [1.54, 1.807) is 0 Å². The smallest absolute Gasteiger partial charge is 0.251 e. The summed E-state index contributed by atoms with van der Waals surface area (Å²) in [5, 5.41) is 2.81. The second kappa shape index (κ2) is 7.30. The molecule has 0 aliphatic heterocycles. The van der Waals surface area contributed by atoms with Crippen molar-refractivity contribution in [2.24, 2.45) is 0 Å². The molecule has 0 saturated heterocycles. The summed E-state index contributed by atoms with van der Waals surface area (Å²) in [6, 6.07) is 5.78. The van der Waals surface area contributed by atoms with Crippen molar-refractivity contribution in [1.29, 1.82) is 0 Å². The van der Waals surface area contributed by atoms with Gasteiger partial charge in [0, 0.05) is 18.0 Å². The number of carbonyl (C=O) groups excluding carboxylic acids is 1. The van der Waals surface area contributed by atoms with Crippen LogP contribution in [0.5, 0.6) is 0 Å². The van der Waals surface area contributed by atoms with E-state index >= 15 is 0 Å². The Bertz CT molecular complexity index is 380. The molecule has 17 heavy (non-hydrogen) atoms. The predicted octanol–water partition coefficient (Wildman–Crippen LogP) is 2.29. The fourth-order valence-corrected chi connectivity index (χ4v) is 1.67. The van der Waals surface area contributed by atoms with E-state index in [0.717, 1.165) is 11.1 Å². The van der Waals surface area contributed by atoms with Gasteiger partial charge in [-0.05, 0) is 25.5 Å². The zero-order chi connectivity index (χ0) is 12.7. The number of nitrogens with one attached hydrogen (secondary N) is 1. The summed E-state index contributed by atoms with van der Waals surface area (Å²) in [5.41, 5.74) is 2.86. The van der Waals surface area contributed by atoms with Gasteiger partial charge >= 0.3 is 0 Å². The van der Waals surface area contributed by atoms with Crippen molar-refractivity contribution >= 4 is 17.5 Å². The number of aryl methyl sites for hydroxylation is 2. The molecule has 0 aliphatic rings. The van der Waals surface area contributed by atoms with Crippen molar-refractivity contribution in [1.82, 2.24) is 5.32 Å². The highest BCUT2D eigenvalue weighted by Crippen LogP contribution is 2.09. The van der Waals surface area contributed by atoms with Crippen molar-refractivity contribution in [2.75, 3.05) is 25.6 Å². The van der Waals surface area contributed by atoms with Crippen LogP contribution in [0.25, 0.3) is 0 Å². The van der Waals surface area contributed by atoms with Crippen molar-refractivity contribution < 1.29 is 9.53 Å². The van der Waals surface area contributed by atoms with Crippen molar-refractivity contribution in [3.05, 3.63) is 34.9 Å². The first-order chi connectivity index (χ1) is 8.15. The molecule has 4 heteroatoms. The second-order valence-electron chi connectivity index (χ2n) is 3.88. The first kappa shape index (κ1) is 14.0. The Kier molecular flexibility index (Phi) is 6.01. The van der Waals surface area contributed by atoms with Gasteiger partial charge in [-0.1, -0.05) is 17.7 Å². The molecule has 1 aromatic carbocycles. The summed E-state index contributed by atoms with van der Waals surface area (Å²) in [5.74, 6) is 0.419. The second-order valence-corrected chi connectivity index (χ2v) is 4.25. The fraction of sp³-hybridized carbons (Fsp3) is 0.462. The predicted molar refractivity (Wildman–Crippen MR) is 69.8 cm³/mol.